The molecule has 0 aromatic rings. The molecular formula is C19H22O7. The van der Waals surface area contributed by atoms with Crippen LogP contribution in [-0.4, -0.2) is 59.8 Å². The van der Waals surface area contributed by atoms with Gasteiger partial charge in [0, 0.05) is 17.9 Å². The first kappa shape index (κ1) is 16.5. The molecule has 5 rings (SSSR count). The highest BCUT2D eigenvalue weighted by Crippen LogP contribution is 2.60. The molecule has 0 aromatic heterocycles. The first-order chi connectivity index (χ1) is 12.3. The van der Waals surface area contributed by atoms with Crippen LogP contribution in [0.4, 0.5) is 0 Å². The standard InChI is InChI=1S/C19H22O7/c1-8-4-11(25-17(22)18(3)6-23-18)13-9(2)16(21)26-15(13)14-10(8)5-12(20)19(14)7-24-19/h10-15,20H,1-2,4-7H2,3H3/t10-,11-,12-,13+,14-,15-,18+,19+/m1/s1. The fourth-order valence-electron chi connectivity index (χ4n) is 5.02. The molecule has 0 aromatic carbocycles. The summed E-state index contributed by atoms with van der Waals surface area (Å²) in [4.78, 5) is 24.7. The van der Waals surface area contributed by atoms with E-state index in [2.05, 4.69) is 13.2 Å². The summed E-state index contributed by atoms with van der Waals surface area (Å²) in [5.74, 6) is -1.62. The number of esters is 2. The van der Waals surface area contributed by atoms with Gasteiger partial charge in [-0.3, -0.25) is 0 Å². The van der Waals surface area contributed by atoms with Crippen LogP contribution in [0.1, 0.15) is 19.8 Å². The zero-order chi connectivity index (χ0) is 18.4. The van der Waals surface area contributed by atoms with Crippen molar-refractivity contribution in [1.82, 2.24) is 0 Å². The van der Waals surface area contributed by atoms with Crippen molar-refractivity contribution in [2.75, 3.05) is 13.2 Å². The van der Waals surface area contributed by atoms with Gasteiger partial charge in [-0.05, 0) is 19.3 Å². The van der Waals surface area contributed by atoms with Crippen LogP contribution < -0.4 is 0 Å². The van der Waals surface area contributed by atoms with Crippen LogP contribution in [0, 0.1) is 17.8 Å². The minimum absolute atomic E-state index is 0.0461. The van der Waals surface area contributed by atoms with Crippen LogP contribution in [0.25, 0.3) is 0 Å². The number of carbonyl (C=O) groups excluding carboxylic acids is 2. The average molecular weight is 362 g/mol. The Hall–Kier alpha value is -1.70. The summed E-state index contributed by atoms with van der Waals surface area (Å²) in [5, 5.41) is 10.5. The second-order valence-electron chi connectivity index (χ2n) is 8.37. The molecule has 5 aliphatic rings. The second kappa shape index (κ2) is 4.97. The number of hydrogen-bond acceptors (Lipinski definition) is 7. The largest absolute Gasteiger partial charge is 0.459 e. The molecule has 2 aliphatic carbocycles. The van der Waals surface area contributed by atoms with Gasteiger partial charge in [-0.15, -0.1) is 0 Å². The lowest BCUT2D eigenvalue weighted by atomic mass is 9.78. The smallest absolute Gasteiger partial charge is 0.340 e. The van der Waals surface area contributed by atoms with Gasteiger partial charge in [-0.25, -0.2) is 9.59 Å². The van der Waals surface area contributed by atoms with Gasteiger partial charge in [-0.1, -0.05) is 18.7 Å². The zero-order valence-corrected chi connectivity index (χ0v) is 14.6. The van der Waals surface area contributed by atoms with E-state index >= 15 is 0 Å². The lowest BCUT2D eigenvalue weighted by molar-refractivity contribution is -0.158. The van der Waals surface area contributed by atoms with Crippen molar-refractivity contribution < 1.29 is 33.6 Å². The number of epoxide rings is 2. The van der Waals surface area contributed by atoms with E-state index < -0.39 is 47.4 Å². The van der Waals surface area contributed by atoms with Crippen molar-refractivity contribution in [2.24, 2.45) is 17.8 Å². The lowest BCUT2D eigenvalue weighted by Gasteiger charge is -2.30. The molecule has 3 saturated heterocycles. The Labute approximate surface area is 150 Å². The summed E-state index contributed by atoms with van der Waals surface area (Å²) in [6, 6.07) is 0. The maximum absolute atomic E-state index is 12.4. The molecule has 0 unspecified atom stereocenters. The zero-order valence-electron chi connectivity index (χ0n) is 14.6. The molecule has 26 heavy (non-hydrogen) atoms. The van der Waals surface area contributed by atoms with Crippen molar-refractivity contribution >= 4 is 11.9 Å². The van der Waals surface area contributed by atoms with Gasteiger partial charge in [0.25, 0.3) is 0 Å². The molecular weight excluding hydrogens is 340 g/mol. The first-order valence-corrected chi connectivity index (χ1v) is 9.01. The van der Waals surface area contributed by atoms with Gasteiger partial charge in [0.15, 0.2) is 5.60 Å². The molecule has 1 N–H and O–H groups in total. The summed E-state index contributed by atoms with van der Waals surface area (Å²) >= 11 is 0. The summed E-state index contributed by atoms with van der Waals surface area (Å²) in [6.45, 7) is 10.5. The van der Waals surface area contributed by atoms with Crippen molar-refractivity contribution in [3.8, 4) is 0 Å². The van der Waals surface area contributed by atoms with Crippen LogP contribution in [0.5, 0.6) is 0 Å². The van der Waals surface area contributed by atoms with Crippen LogP contribution in [-0.2, 0) is 28.5 Å². The molecule has 0 amide bonds. The number of carbonyl (C=O) groups is 2. The van der Waals surface area contributed by atoms with E-state index in [1.165, 1.54) is 0 Å². The van der Waals surface area contributed by atoms with Crippen molar-refractivity contribution in [3.05, 3.63) is 24.3 Å². The van der Waals surface area contributed by atoms with E-state index in [0.717, 1.165) is 5.57 Å². The Balaban J connectivity index is 1.51. The van der Waals surface area contributed by atoms with Gasteiger partial charge >= 0.3 is 11.9 Å². The molecule has 3 heterocycles. The Morgan fingerprint density at radius 2 is 2.00 bits per heavy atom. The molecule has 0 radical (unpaired) electrons. The highest BCUT2D eigenvalue weighted by molar-refractivity contribution is 5.91. The molecule has 8 atom stereocenters. The predicted octanol–water partition coefficient (Wildman–Crippen LogP) is 0.511. The normalized spacial score (nSPS) is 51.5. The minimum atomic E-state index is -0.902. The van der Waals surface area contributed by atoms with Crippen LogP contribution >= 0.6 is 0 Å². The summed E-state index contributed by atoms with van der Waals surface area (Å²) in [6.07, 6.45) is -0.815. The second-order valence-corrected chi connectivity index (χ2v) is 8.37. The Morgan fingerprint density at radius 3 is 2.62 bits per heavy atom. The topological polar surface area (TPSA) is 97.9 Å². The van der Waals surface area contributed by atoms with E-state index in [1.54, 1.807) is 6.92 Å². The van der Waals surface area contributed by atoms with Crippen LogP contribution in [0.3, 0.4) is 0 Å². The summed E-state index contributed by atoms with van der Waals surface area (Å²) in [5.41, 5.74) is -0.396. The fourth-order valence-corrected chi connectivity index (χ4v) is 5.02. The SMILES string of the molecule is C=C1C(=O)O[C@@H]2[C@@H]1[C@H](OC(=O)[C@]1(C)CO1)CC(=C)[C@H]1C[C@@H](O)[C@@]3(CO3)[C@@H]21. The number of fused-ring (bicyclic) bond motifs is 4. The van der Waals surface area contributed by atoms with E-state index in [1.807, 2.05) is 0 Å². The van der Waals surface area contributed by atoms with Gasteiger partial charge in [0.2, 0.25) is 0 Å². The maximum Gasteiger partial charge on any atom is 0.340 e. The molecule has 5 fully saturated rings. The average Bonchev–Trinajstić information content (AvgIpc) is 3.47. The third-order valence-electron chi connectivity index (χ3n) is 6.79. The van der Waals surface area contributed by atoms with Crippen molar-refractivity contribution in [1.29, 1.82) is 0 Å². The van der Waals surface area contributed by atoms with E-state index in [-0.39, 0.29) is 11.8 Å². The van der Waals surface area contributed by atoms with Crippen LogP contribution in [0.15, 0.2) is 24.3 Å². The Kier molecular flexibility index (Phi) is 3.15. The van der Waals surface area contributed by atoms with Gasteiger partial charge in [0.1, 0.15) is 17.8 Å². The summed E-state index contributed by atoms with van der Waals surface area (Å²) < 4.78 is 22.3. The Morgan fingerprint density at radius 1 is 1.31 bits per heavy atom. The van der Waals surface area contributed by atoms with Crippen molar-refractivity contribution in [3.63, 3.8) is 0 Å². The highest BCUT2D eigenvalue weighted by Gasteiger charge is 2.71. The van der Waals surface area contributed by atoms with Crippen LogP contribution in [0.2, 0.25) is 0 Å². The van der Waals surface area contributed by atoms with E-state index in [9.17, 15) is 14.7 Å². The quantitative estimate of drug-likeness (QED) is 0.331. The van der Waals surface area contributed by atoms with Gasteiger partial charge in [-0.2, -0.15) is 0 Å². The number of aliphatic hydroxyl groups excluding tert-OH is 1. The first-order valence-electron chi connectivity index (χ1n) is 9.01. The molecule has 1 spiro atoms. The molecule has 2 saturated carbocycles. The molecule has 7 nitrogen and oxygen atoms in total. The van der Waals surface area contributed by atoms with Crippen molar-refractivity contribution in [2.45, 2.75) is 49.3 Å². The number of aliphatic hydroxyl groups is 1. The lowest BCUT2D eigenvalue weighted by Crippen LogP contribution is -2.43. The van der Waals surface area contributed by atoms with Gasteiger partial charge in [0.05, 0.1) is 25.2 Å². The molecule has 7 heteroatoms. The van der Waals surface area contributed by atoms with E-state index in [0.29, 0.717) is 31.6 Å². The Bertz CT molecular complexity index is 732. The predicted molar refractivity (Wildman–Crippen MR) is 86.8 cm³/mol. The minimum Gasteiger partial charge on any atom is -0.459 e. The maximum atomic E-state index is 12.4. The number of rotatable bonds is 2. The van der Waals surface area contributed by atoms with E-state index in [4.69, 9.17) is 18.9 Å². The third-order valence-corrected chi connectivity index (χ3v) is 6.79. The molecule has 3 aliphatic heterocycles. The van der Waals surface area contributed by atoms with Gasteiger partial charge < -0.3 is 24.1 Å². The number of hydrogen-bond donors (Lipinski definition) is 1. The fraction of sp³-hybridized carbons (Fsp3) is 0.684. The highest BCUT2D eigenvalue weighted by atomic mass is 16.6. The molecule has 0 bridgehead atoms. The third kappa shape index (κ3) is 2.05. The summed E-state index contributed by atoms with van der Waals surface area (Å²) in [7, 11) is 0. The monoisotopic (exact) mass is 362 g/mol. The molecule has 140 valence electrons. The number of ether oxygens (including phenoxy) is 4.